The van der Waals surface area contributed by atoms with Crippen LogP contribution in [0.1, 0.15) is 19.3 Å². The van der Waals surface area contributed by atoms with Crippen molar-refractivity contribution in [2.24, 2.45) is 5.92 Å². The summed E-state index contributed by atoms with van der Waals surface area (Å²) in [5.74, 6) is 1.08. The van der Waals surface area contributed by atoms with Crippen LogP contribution in [0.3, 0.4) is 0 Å². The highest BCUT2D eigenvalue weighted by Crippen LogP contribution is 2.33. The summed E-state index contributed by atoms with van der Waals surface area (Å²) in [5, 5.41) is 0.669. The number of para-hydroxylation sites is 2. The van der Waals surface area contributed by atoms with E-state index in [4.69, 9.17) is 16.6 Å². The lowest BCUT2D eigenvalue weighted by Gasteiger charge is -2.37. The minimum Gasteiger partial charge on any atom is -0.371 e. The van der Waals surface area contributed by atoms with E-state index in [1.165, 1.54) is 0 Å². The van der Waals surface area contributed by atoms with Gasteiger partial charge in [0.25, 0.3) is 0 Å². The molecule has 1 aromatic heterocycles. The Bertz CT molecular complexity index is 1100. The Hall–Kier alpha value is -2.57. The van der Waals surface area contributed by atoms with Crippen LogP contribution in [-0.2, 0) is 4.79 Å². The molecule has 0 aliphatic carbocycles. The number of aromatic nitrogens is 2. The fourth-order valence-corrected chi connectivity index (χ4v) is 5.29. The van der Waals surface area contributed by atoms with Gasteiger partial charge in [0.15, 0.2) is 0 Å². The summed E-state index contributed by atoms with van der Waals surface area (Å²) in [7, 11) is 4.11. The number of nitrogens with one attached hydrogen (secondary N) is 1. The summed E-state index contributed by atoms with van der Waals surface area (Å²) < 4.78 is 0. The van der Waals surface area contributed by atoms with Crippen LogP contribution in [0.2, 0.25) is 5.02 Å². The predicted octanol–water partition coefficient (Wildman–Crippen LogP) is 4.26. The number of carbonyl (C=O) groups is 1. The first-order chi connectivity index (χ1) is 15.5. The van der Waals surface area contributed by atoms with Gasteiger partial charge >= 0.3 is 0 Å². The Labute approximate surface area is 194 Å². The molecule has 168 valence electrons. The lowest BCUT2D eigenvalue weighted by Crippen LogP contribution is -2.47. The number of hydrogen-bond donors (Lipinski definition) is 1. The van der Waals surface area contributed by atoms with Gasteiger partial charge in [0.2, 0.25) is 5.91 Å². The fraction of sp³-hybridized carbons (Fsp3) is 0.440. The number of rotatable bonds is 4. The maximum atomic E-state index is 13.3. The Morgan fingerprint density at radius 1 is 1.16 bits per heavy atom. The summed E-state index contributed by atoms with van der Waals surface area (Å²) in [5.41, 5.74) is 3.90. The number of fused-ring (bicyclic) bond motifs is 1. The molecule has 1 amide bonds. The van der Waals surface area contributed by atoms with Crippen molar-refractivity contribution in [1.82, 2.24) is 19.8 Å². The molecule has 1 N–H and O–H groups in total. The lowest BCUT2D eigenvalue weighted by atomic mass is 9.95. The number of benzene rings is 2. The number of anilines is 1. The molecule has 7 heteroatoms. The maximum Gasteiger partial charge on any atom is 0.227 e. The molecule has 2 atom stereocenters. The molecule has 3 heterocycles. The first-order valence-corrected chi connectivity index (χ1v) is 11.8. The fourth-order valence-electron chi connectivity index (χ4n) is 5.08. The number of nitrogens with zero attached hydrogens (tertiary/aromatic N) is 4. The standard InChI is InChI=1S/C25H30ClN5O/c1-29-13-11-19(16-29)30(2)25(32)17-6-5-12-31(15-17)18-9-10-21(26)20(14-18)24-27-22-7-3-4-8-23(22)28-24/h3-4,7-10,14,17,19H,5-6,11-13,15-16H2,1-2H3,(H,27,28)/t17-,19?/m0/s1. The average molecular weight is 452 g/mol. The van der Waals surface area contributed by atoms with Crippen LogP contribution in [0.4, 0.5) is 5.69 Å². The number of carbonyl (C=O) groups excluding carboxylic acids is 1. The molecule has 6 nitrogen and oxygen atoms in total. The van der Waals surface area contributed by atoms with Gasteiger partial charge in [-0.1, -0.05) is 23.7 Å². The van der Waals surface area contributed by atoms with E-state index in [1.54, 1.807) is 0 Å². The van der Waals surface area contributed by atoms with Crippen LogP contribution in [0.5, 0.6) is 0 Å². The molecule has 5 rings (SSSR count). The number of halogens is 1. The van der Waals surface area contributed by atoms with Crippen molar-refractivity contribution in [1.29, 1.82) is 0 Å². The normalized spacial score (nSPS) is 21.9. The van der Waals surface area contributed by atoms with Crippen molar-refractivity contribution >= 4 is 34.2 Å². The topological polar surface area (TPSA) is 55.5 Å². The number of aromatic amines is 1. The molecule has 32 heavy (non-hydrogen) atoms. The molecule has 2 aliphatic heterocycles. The Kier molecular flexibility index (Phi) is 5.82. The number of piperidine rings is 1. The van der Waals surface area contributed by atoms with E-state index in [0.717, 1.165) is 73.6 Å². The molecule has 0 spiro atoms. The number of likely N-dealkylation sites (tertiary alicyclic amines) is 1. The molecule has 0 bridgehead atoms. The van der Waals surface area contributed by atoms with Gasteiger partial charge in [0.05, 0.1) is 22.0 Å². The summed E-state index contributed by atoms with van der Waals surface area (Å²) in [4.78, 5) is 28.0. The zero-order valence-electron chi connectivity index (χ0n) is 18.7. The van der Waals surface area contributed by atoms with Crippen LogP contribution in [-0.4, -0.2) is 72.0 Å². The second-order valence-corrected chi connectivity index (χ2v) is 9.61. The van der Waals surface area contributed by atoms with Gasteiger partial charge in [-0.2, -0.15) is 0 Å². The van der Waals surface area contributed by atoms with E-state index >= 15 is 0 Å². The van der Waals surface area contributed by atoms with Gasteiger partial charge in [-0.25, -0.2) is 4.98 Å². The second-order valence-electron chi connectivity index (χ2n) is 9.21. The van der Waals surface area contributed by atoms with E-state index < -0.39 is 0 Å². The maximum absolute atomic E-state index is 13.3. The van der Waals surface area contributed by atoms with Gasteiger partial charge < -0.3 is 19.7 Å². The first kappa shape index (κ1) is 21.3. The minimum atomic E-state index is 0.0324. The van der Waals surface area contributed by atoms with Gasteiger partial charge in [-0.05, 0) is 63.2 Å². The zero-order valence-corrected chi connectivity index (χ0v) is 19.5. The molecule has 2 aromatic carbocycles. The number of amides is 1. The SMILES string of the molecule is CN1CCC(N(C)C(=O)[C@H]2CCCN(c3ccc(Cl)c(-c4nc5ccccc5[nH]4)c3)C2)C1. The molecular weight excluding hydrogens is 422 g/mol. The van der Waals surface area contributed by atoms with E-state index in [1.807, 2.05) is 42.3 Å². The third-order valence-corrected chi connectivity index (χ3v) is 7.32. The quantitative estimate of drug-likeness (QED) is 0.643. The van der Waals surface area contributed by atoms with E-state index in [0.29, 0.717) is 11.1 Å². The summed E-state index contributed by atoms with van der Waals surface area (Å²) in [6.45, 7) is 3.72. The van der Waals surface area contributed by atoms with Crippen molar-refractivity contribution in [3.63, 3.8) is 0 Å². The number of imidazole rings is 1. The van der Waals surface area contributed by atoms with Crippen molar-refractivity contribution in [2.75, 3.05) is 45.2 Å². The third kappa shape index (κ3) is 4.09. The number of likely N-dealkylation sites (N-methyl/N-ethyl adjacent to an activating group) is 2. The van der Waals surface area contributed by atoms with E-state index in [2.05, 4.69) is 34.0 Å². The third-order valence-electron chi connectivity index (χ3n) is 6.99. The number of hydrogen-bond acceptors (Lipinski definition) is 4. The minimum absolute atomic E-state index is 0.0324. The van der Waals surface area contributed by atoms with Crippen LogP contribution in [0, 0.1) is 5.92 Å². The van der Waals surface area contributed by atoms with Crippen LogP contribution in [0.25, 0.3) is 22.4 Å². The highest BCUT2D eigenvalue weighted by Gasteiger charge is 2.33. The molecule has 2 saturated heterocycles. The van der Waals surface area contributed by atoms with Crippen molar-refractivity contribution in [3.8, 4) is 11.4 Å². The van der Waals surface area contributed by atoms with Gasteiger partial charge in [0, 0.05) is 44.0 Å². The van der Waals surface area contributed by atoms with Crippen LogP contribution >= 0.6 is 11.6 Å². The smallest absolute Gasteiger partial charge is 0.227 e. The molecule has 3 aromatic rings. The predicted molar refractivity (Wildman–Crippen MR) is 130 cm³/mol. The van der Waals surface area contributed by atoms with Crippen molar-refractivity contribution in [2.45, 2.75) is 25.3 Å². The zero-order chi connectivity index (χ0) is 22.2. The monoisotopic (exact) mass is 451 g/mol. The molecule has 1 unspecified atom stereocenters. The first-order valence-electron chi connectivity index (χ1n) is 11.4. The van der Waals surface area contributed by atoms with E-state index in [9.17, 15) is 4.79 Å². The Morgan fingerprint density at radius 2 is 2.00 bits per heavy atom. The van der Waals surface area contributed by atoms with Gasteiger partial charge in [-0.15, -0.1) is 0 Å². The molecular formula is C25H30ClN5O. The number of H-pyrrole nitrogens is 1. The van der Waals surface area contributed by atoms with Crippen LogP contribution in [0.15, 0.2) is 42.5 Å². The van der Waals surface area contributed by atoms with E-state index in [-0.39, 0.29) is 11.8 Å². The largest absolute Gasteiger partial charge is 0.371 e. The summed E-state index contributed by atoms with van der Waals surface area (Å²) >= 11 is 6.56. The highest BCUT2D eigenvalue weighted by atomic mass is 35.5. The lowest BCUT2D eigenvalue weighted by molar-refractivity contribution is -0.136. The molecule has 0 saturated carbocycles. The van der Waals surface area contributed by atoms with Crippen molar-refractivity contribution < 1.29 is 4.79 Å². The molecule has 2 aliphatic rings. The molecule has 0 radical (unpaired) electrons. The summed E-state index contributed by atoms with van der Waals surface area (Å²) in [6.07, 6.45) is 3.02. The second kappa shape index (κ2) is 8.75. The van der Waals surface area contributed by atoms with Gasteiger partial charge in [0.1, 0.15) is 5.82 Å². The highest BCUT2D eigenvalue weighted by molar-refractivity contribution is 6.33. The Balaban J connectivity index is 1.35. The summed E-state index contributed by atoms with van der Waals surface area (Å²) in [6, 6.07) is 14.4. The van der Waals surface area contributed by atoms with Gasteiger partial charge in [-0.3, -0.25) is 4.79 Å². The van der Waals surface area contributed by atoms with Crippen LogP contribution < -0.4 is 4.90 Å². The Morgan fingerprint density at radius 3 is 2.78 bits per heavy atom. The van der Waals surface area contributed by atoms with Crippen molar-refractivity contribution in [3.05, 3.63) is 47.5 Å². The average Bonchev–Trinajstić information content (AvgIpc) is 3.44. The molecule has 2 fully saturated rings.